The molecule has 2 atom stereocenters. The van der Waals surface area contributed by atoms with Crippen LogP contribution in [0.15, 0.2) is 35.3 Å². The Kier molecular flexibility index (Phi) is 8.18. The van der Waals surface area contributed by atoms with Crippen LogP contribution in [0.4, 0.5) is 10.1 Å². The molecule has 2 unspecified atom stereocenters. The number of rotatable bonds is 8. The van der Waals surface area contributed by atoms with Crippen LogP contribution in [0, 0.1) is 5.82 Å². The molecule has 1 saturated heterocycles. The molecular formula is C29H32Cl2FN5O4. The lowest BCUT2D eigenvalue weighted by Crippen LogP contribution is -2.57. The van der Waals surface area contributed by atoms with Gasteiger partial charge >= 0.3 is 0 Å². The van der Waals surface area contributed by atoms with Crippen LogP contribution >= 0.6 is 23.2 Å². The van der Waals surface area contributed by atoms with Gasteiger partial charge in [0.15, 0.2) is 11.6 Å². The van der Waals surface area contributed by atoms with E-state index in [1.54, 1.807) is 31.3 Å². The minimum Gasteiger partial charge on any atom is -0.492 e. The van der Waals surface area contributed by atoms with Crippen LogP contribution < -0.4 is 26.1 Å². The molecule has 2 aromatic carbocycles. The lowest BCUT2D eigenvalue weighted by molar-refractivity contribution is -0.123. The highest BCUT2D eigenvalue weighted by Crippen LogP contribution is 2.44. The topological polar surface area (TPSA) is 110 Å². The van der Waals surface area contributed by atoms with Crippen molar-refractivity contribution in [3.8, 4) is 5.75 Å². The molecule has 0 spiro atoms. The Balaban J connectivity index is 1.53. The number of aromatic nitrogens is 1. The Morgan fingerprint density at radius 3 is 2.56 bits per heavy atom. The van der Waals surface area contributed by atoms with Gasteiger partial charge in [-0.05, 0) is 50.5 Å². The quantitative estimate of drug-likeness (QED) is 0.401. The number of anilines is 1. The number of nitrogens with one attached hydrogen (secondary N) is 1. The molecule has 1 aliphatic heterocycles. The number of fused-ring (bicyclic) bond motifs is 1. The highest BCUT2D eigenvalue weighted by molar-refractivity contribution is 6.35. The summed E-state index contributed by atoms with van der Waals surface area (Å²) in [5, 5.41) is 3.68. The maximum Gasteiger partial charge on any atom is 0.257 e. The molecule has 2 amide bonds. The third-order valence-electron chi connectivity index (χ3n) is 7.95. The lowest BCUT2D eigenvalue weighted by Gasteiger charge is -2.43. The van der Waals surface area contributed by atoms with E-state index in [4.69, 9.17) is 33.7 Å². The molecule has 12 heteroatoms. The number of nitrogens with zero attached hydrogens (tertiary/aromatic N) is 3. The average Bonchev–Trinajstić information content (AvgIpc) is 3.77. The van der Waals surface area contributed by atoms with Gasteiger partial charge in [-0.3, -0.25) is 19.3 Å². The fraction of sp³-hybridized carbons (Fsp3) is 0.414. The van der Waals surface area contributed by atoms with E-state index in [1.165, 1.54) is 13.2 Å². The average molecular weight is 605 g/mol. The maximum atomic E-state index is 15.9. The van der Waals surface area contributed by atoms with Gasteiger partial charge in [-0.25, -0.2) is 4.39 Å². The van der Waals surface area contributed by atoms with Crippen molar-refractivity contribution in [2.45, 2.75) is 51.4 Å². The molecule has 1 aromatic heterocycles. The van der Waals surface area contributed by atoms with E-state index in [0.717, 1.165) is 12.8 Å². The second-order valence-electron chi connectivity index (χ2n) is 10.7. The number of hydrogen-bond donors (Lipinski definition) is 2. The van der Waals surface area contributed by atoms with Gasteiger partial charge in [-0.1, -0.05) is 29.3 Å². The number of pyridine rings is 1. The molecule has 0 radical (unpaired) electrons. The van der Waals surface area contributed by atoms with E-state index in [1.807, 2.05) is 21.3 Å². The molecule has 3 aromatic rings. The van der Waals surface area contributed by atoms with Crippen molar-refractivity contribution in [1.29, 1.82) is 0 Å². The number of benzene rings is 2. The van der Waals surface area contributed by atoms with Gasteiger partial charge in [0, 0.05) is 54.5 Å². The molecule has 3 N–H and O–H groups in total. The first-order chi connectivity index (χ1) is 19.5. The Labute approximate surface area is 246 Å². The van der Waals surface area contributed by atoms with Crippen LogP contribution in [0.25, 0.3) is 10.9 Å². The summed E-state index contributed by atoms with van der Waals surface area (Å²) >= 11 is 12.2. The molecule has 2 heterocycles. The van der Waals surface area contributed by atoms with E-state index in [2.05, 4.69) is 5.32 Å². The Bertz CT molecular complexity index is 1590. The maximum absolute atomic E-state index is 15.9. The largest absolute Gasteiger partial charge is 0.492 e. The number of methoxy groups -OCH3 is 1. The van der Waals surface area contributed by atoms with E-state index < -0.39 is 29.1 Å². The van der Waals surface area contributed by atoms with Crippen molar-refractivity contribution < 1.29 is 18.7 Å². The summed E-state index contributed by atoms with van der Waals surface area (Å²) in [6, 6.07) is 5.65. The minimum absolute atomic E-state index is 0.0507. The highest BCUT2D eigenvalue weighted by Gasteiger charge is 2.35. The van der Waals surface area contributed by atoms with Gasteiger partial charge in [0.25, 0.3) is 5.91 Å². The second kappa shape index (κ2) is 11.5. The van der Waals surface area contributed by atoms with E-state index >= 15 is 4.39 Å². The number of carbonyl (C=O) groups is 2. The number of primary amides is 1. The summed E-state index contributed by atoms with van der Waals surface area (Å²) < 4.78 is 23.5. The van der Waals surface area contributed by atoms with Gasteiger partial charge in [0.2, 0.25) is 11.3 Å². The predicted octanol–water partition coefficient (Wildman–Crippen LogP) is 4.11. The zero-order valence-electron chi connectivity index (χ0n) is 23.0. The van der Waals surface area contributed by atoms with Crippen molar-refractivity contribution in [3.63, 3.8) is 0 Å². The van der Waals surface area contributed by atoms with Gasteiger partial charge in [-0.15, -0.1) is 0 Å². The Morgan fingerprint density at radius 2 is 1.95 bits per heavy atom. The molecule has 9 nitrogen and oxygen atoms in total. The molecule has 41 heavy (non-hydrogen) atoms. The standard InChI is InChI=1S/C29H32Cl2FN5O4/c1-15-13-35(8-9-36(15)16(2)28(33)39)25-23(32)11-20-24(27(25)41-3)37(19-6-7-19)14-21(26(20)38)29(40)34-12-17-4-5-18(30)10-22(17)31/h4-5,10-11,14-16,19H,6-9,12-13H2,1-3H3,(H2,33,39)(H,34,40). The van der Waals surface area contributed by atoms with E-state index in [-0.39, 0.29) is 41.0 Å². The van der Waals surface area contributed by atoms with Gasteiger partial charge in [0.1, 0.15) is 11.3 Å². The number of ether oxygens (including phenoxy) is 1. The second-order valence-corrected chi connectivity index (χ2v) is 11.5. The zero-order chi connectivity index (χ0) is 29.6. The minimum atomic E-state index is -0.622. The fourth-order valence-corrected chi connectivity index (χ4v) is 6.06. The first-order valence-corrected chi connectivity index (χ1v) is 14.2. The van der Waals surface area contributed by atoms with Crippen LogP contribution in [0.3, 0.4) is 0 Å². The summed E-state index contributed by atoms with van der Waals surface area (Å²) in [5.41, 5.74) is 6.19. The third-order valence-corrected chi connectivity index (χ3v) is 8.53. The normalized spacial score (nSPS) is 18.4. The lowest BCUT2D eigenvalue weighted by atomic mass is 10.0. The molecule has 2 aliphatic rings. The first-order valence-electron chi connectivity index (χ1n) is 13.5. The summed E-state index contributed by atoms with van der Waals surface area (Å²) in [6.45, 7) is 5.17. The summed E-state index contributed by atoms with van der Waals surface area (Å²) in [6.07, 6.45) is 3.26. The number of hydrogen-bond acceptors (Lipinski definition) is 6. The number of piperazine rings is 1. The Morgan fingerprint density at radius 1 is 1.22 bits per heavy atom. The van der Waals surface area contributed by atoms with Crippen LogP contribution in [0.1, 0.15) is 48.7 Å². The zero-order valence-corrected chi connectivity index (χ0v) is 24.6. The first kappa shape index (κ1) is 29.2. The third kappa shape index (κ3) is 5.60. The van der Waals surface area contributed by atoms with Gasteiger partial charge < -0.3 is 25.3 Å². The van der Waals surface area contributed by atoms with Crippen LogP contribution in [0.5, 0.6) is 5.75 Å². The van der Waals surface area contributed by atoms with E-state index in [0.29, 0.717) is 40.8 Å². The van der Waals surface area contributed by atoms with Crippen molar-refractivity contribution in [3.05, 3.63) is 67.7 Å². The van der Waals surface area contributed by atoms with Gasteiger partial charge in [0.05, 0.1) is 24.1 Å². The van der Waals surface area contributed by atoms with Crippen molar-refractivity contribution in [2.24, 2.45) is 5.73 Å². The Hall–Kier alpha value is -3.34. The summed E-state index contributed by atoms with van der Waals surface area (Å²) in [4.78, 5) is 42.5. The van der Waals surface area contributed by atoms with E-state index in [9.17, 15) is 14.4 Å². The van der Waals surface area contributed by atoms with Crippen LogP contribution in [-0.4, -0.2) is 60.1 Å². The number of halogens is 3. The fourth-order valence-electron chi connectivity index (χ4n) is 5.58. The van der Waals surface area contributed by atoms with Crippen LogP contribution in [0.2, 0.25) is 10.0 Å². The molecule has 218 valence electrons. The molecular weight excluding hydrogens is 572 g/mol. The van der Waals surface area contributed by atoms with Crippen molar-refractivity contribution in [2.75, 3.05) is 31.6 Å². The summed E-state index contributed by atoms with van der Waals surface area (Å²) in [5.74, 6) is -1.38. The molecule has 1 aliphatic carbocycles. The molecule has 5 rings (SSSR count). The smallest absolute Gasteiger partial charge is 0.257 e. The SMILES string of the molecule is COc1c(N2CCN(C(C)C(N)=O)C(C)C2)c(F)cc2c(=O)c(C(=O)NCc3ccc(Cl)cc3Cl)cn(C3CC3)c12. The van der Waals surface area contributed by atoms with Crippen molar-refractivity contribution >= 4 is 51.6 Å². The number of nitrogens with two attached hydrogens (primary N) is 1. The van der Waals surface area contributed by atoms with Crippen LogP contribution in [-0.2, 0) is 11.3 Å². The van der Waals surface area contributed by atoms with Crippen molar-refractivity contribution in [1.82, 2.24) is 14.8 Å². The number of carbonyl (C=O) groups excluding carboxylic acids is 2. The molecule has 2 fully saturated rings. The van der Waals surface area contributed by atoms with Gasteiger partial charge in [-0.2, -0.15) is 0 Å². The predicted molar refractivity (Wildman–Crippen MR) is 158 cm³/mol. The number of amides is 2. The molecule has 1 saturated carbocycles. The monoisotopic (exact) mass is 603 g/mol. The highest BCUT2D eigenvalue weighted by atomic mass is 35.5. The summed E-state index contributed by atoms with van der Waals surface area (Å²) in [7, 11) is 1.45. The molecule has 0 bridgehead atoms.